The Labute approximate surface area is 176 Å². The van der Waals surface area contributed by atoms with Gasteiger partial charge in [0.25, 0.3) is 0 Å². The summed E-state index contributed by atoms with van der Waals surface area (Å²) in [6.45, 7) is 4.05. The highest BCUT2D eigenvalue weighted by Gasteiger charge is 2.34. The number of rotatable bonds is 6. The highest BCUT2D eigenvalue weighted by Crippen LogP contribution is 2.24. The van der Waals surface area contributed by atoms with Crippen LogP contribution < -0.4 is 5.32 Å². The second-order valence-electron chi connectivity index (χ2n) is 7.70. The first-order valence-corrected chi connectivity index (χ1v) is 11.3. The predicted octanol–water partition coefficient (Wildman–Crippen LogP) is 3.22. The van der Waals surface area contributed by atoms with E-state index in [1.54, 1.807) is 4.90 Å². The molecule has 0 saturated carbocycles. The zero-order valence-electron chi connectivity index (χ0n) is 16.5. The number of benzene rings is 2. The summed E-state index contributed by atoms with van der Waals surface area (Å²) in [7, 11) is 0. The number of hydrogen-bond donors (Lipinski definition) is 1. The van der Waals surface area contributed by atoms with Crippen LogP contribution in [0.5, 0.6) is 0 Å². The first kappa shape index (κ1) is 20.0. The molecule has 2 aromatic carbocycles. The smallest absolute Gasteiger partial charge is 0.229 e. The molecular weight excluding hydrogens is 382 g/mol. The summed E-state index contributed by atoms with van der Waals surface area (Å²) < 4.78 is 0. The highest BCUT2D eigenvalue weighted by molar-refractivity contribution is 7.99. The molecule has 2 fully saturated rings. The van der Waals surface area contributed by atoms with Gasteiger partial charge >= 0.3 is 0 Å². The molecule has 2 heterocycles. The van der Waals surface area contributed by atoms with E-state index in [2.05, 4.69) is 16.3 Å². The SMILES string of the molecule is O=C(Nc1ccccc1CN1CCSCC1)C1CC(=O)N(Cc2ccccc2)C1. The van der Waals surface area contributed by atoms with E-state index < -0.39 is 0 Å². The van der Waals surface area contributed by atoms with E-state index in [1.165, 1.54) is 0 Å². The molecule has 0 radical (unpaired) electrons. The molecule has 4 rings (SSSR count). The van der Waals surface area contributed by atoms with Crippen LogP contribution in [0.4, 0.5) is 5.69 Å². The molecule has 29 heavy (non-hydrogen) atoms. The van der Waals surface area contributed by atoms with Gasteiger partial charge in [-0.05, 0) is 17.2 Å². The summed E-state index contributed by atoms with van der Waals surface area (Å²) in [5.74, 6) is 2.01. The number of amides is 2. The lowest BCUT2D eigenvalue weighted by atomic mass is 10.1. The minimum absolute atomic E-state index is 0.0492. The minimum atomic E-state index is -0.300. The van der Waals surface area contributed by atoms with Gasteiger partial charge in [0.15, 0.2) is 0 Å². The number of carbonyl (C=O) groups is 2. The molecule has 152 valence electrons. The largest absolute Gasteiger partial charge is 0.338 e. The van der Waals surface area contributed by atoms with Crippen LogP contribution in [-0.4, -0.2) is 52.8 Å². The zero-order valence-corrected chi connectivity index (χ0v) is 17.4. The van der Waals surface area contributed by atoms with Gasteiger partial charge in [-0.1, -0.05) is 48.5 Å². The van der Waals surface area contributed by atoms with Crippen LogP contribution in [0.25, 0.3) is 0 Å². The van der Waals surface area contributed by atoms with Crippen molar-refractivity contribution in [1.82, 2.24) is 9.80 Å². The van der Waals surface area contributed by atoms with Crippen molar-refractivity contribution in [2.75, 3.05) is 36.5 Å². The maximum Gasteiger partial charge on any atom is 0.229 e. The third-order valence-corrected chi connectivity index (χ3v) is 6.52. The third-order valence-electron chi connectivity index (χ3n) is 5.57. The van der Waals surface area contributed by atoms with E-state index in [0.717, 1.165) is 48.0 Å². The van der Waals surface area contributed by atoms with Crippen LogP contribution in [0.2, 0.25) is 0 Å². The van der Waals surface area contributed by atoms with Crippen molar-refractivity contribution in [2.24, 2.45) is 5.92 Å². The van der Waals surface area contributed by atoms with Crippen molar-refractivity contribution in [3.8, 4) is 0 Å². The fourth-order valence-electron chi connectivity index (χ4n) is 3.92. The Hall–Kier alpha value is -2.31. The van der Waals surface area contributed by atoms with Crippen LogP contribution in [-0.2, 0) is 22.7 Å². The van der Waals surface area contributed by atoms with Crippen LogP contribution in [0, 0.1) is 5.92 Å². The van der Waals surface area contributed by atoms with E-state index in [-0.39, 0.29) is 24.2 Å². The van der Waals surface area contributed by atoms with Crippen LogP contribution in [0.3, 0.4) is 0 Å². The maximum absolute atomic E-state index is 12.9. The molecule has 5 nitrogen and oxygen atoms in total. The molecule has 0 bridgehead atoms. The monoisotopic (exact) mass is 409 g/mol. The number of carbonyl (C=O) groups excluding carboxylic acids is 2. The zero-order chi connectivity index (χ0) is 20.1. The predicted molar refractivity (Wildman–Crippen MR) is 118 cm³/mol. The van der Waals surface area contributed by atoms with Gasteiger partial charge in [0.05, 0.1) is 5.92 Å². The number of para-hydroxylation sites is 1. The Morgan fingerprint density at radius 2 is 1.72 bits per heavy atom. The van der Waals surface area contributed by atoms with E-state index in [9.17, 15) is 9.59 Å². The molecule has 2 aliphatic heterocycles. The Kier molecular flexibility index (Phi) is 6.52. The van der Waals surface area contributed by atoms with Crippen molar-refractivity contribution >= 4 is 29.3 Å². The first-order chi connectivity index (χ1) is 14.2. The first-order valence-electron chi connectivity index (χ1n) is 10.2. The average Bonchev–Trinajstić information content (AvgIpc) is 3.11. The second kappa shape index (κ2) is 9.46. The van der Waals surface area contributed by atoms with Crippen LogP contribution >= 0.6 is 11.8 Å². The molecular formula is C23H27N3O2S. The number of nitrogens with one attached hydrogen (secondary N) is 1. The molecule has 2 amide bonds. The summed E-state index contributed by atoms with van der Waals surface area (Å²) in [4.78, 5) is 29.5. The molecule has 6 heteroatoms. The minimum Gasteiger partial charge on any atom is -0.338 e. The van der Waals surface area contributed by atoms with Crippen molar-refractivity contribution in [3.63, 3.8) is 0 Å². The summed E-state index contributed by atoms with van der Waals surface area (Å²) in [6, 6.07) is 17.9. The lowest BCUT2D eigenvalue weighted by Gasteiger charge is -2.27. The van der Waals surface area contributed by atoms with Gasteiger partial charge in [-0.3, -0.25) is 14.5 Å². The van der Waals surface area contributed by atoms with Crippen molar-refractivity contribution in [1.29, 1.82) is 0 Å². The number of hydrogen-bond acceptors (Lipinski definition) is 4. The number of anilines is 1. The molecule has 0 aromatic heterocycles. The van der Waals surface area contributed by atoms with Gasteiger partial charge in [-0.25, -0.2) is 0 Å². The van der Waals surface area contributed by atoms with E-state index in [1.807, 2.05) is 60.3 Å². The summed E-state index contributed by atoms with van der Waals surface area (Å²) in [5, 5.41) is 3.10. The van der Waals surface area contributed by atoms with Crippen LogP contribution in [0.15, 0.2) is 54.6 Å². The summed E-state index contributed by atoms with van der Waals surface area (Å²) >= 11 is 1.99. The fourth-order valence-corrected chi connectivity index (χ4v) is 4.90. The van der Waals surface area contributed by atoms with Crippen molar-refractivity contribution < 1.29 is 9.59 Å². The average molecular weight is 410 g/mol. The number of likely N-dealkylation sites (tertiary alicyclic amines) is 1. The van der Waals surface area contributed by atoms with Gasteiger partial charge in [0, 0.05) is 56.3 Å². The molecule has 0 aliphatic carbocycles. The second-order valence-corrected chi connectivity index (χ2v) is 8.92. The Bertz CT molecular complexity index is 852. The van der Waals surface area contributed by atoms with Crippen molar-refractivity contribution in [3.05, 3.63) is 65.7 Å². The van der Waals surface area contributed by atoms with E-state index in [4.69, 9.17) is 0 Å². The van der Waals surface area contributed by atoms with Crippen LogP contribution in [0.1, 0.15) is 17.5 Å². The topological polar surface area (TPSA) is 52.7 Å². The van der Waals surface area contributed by atoms with E-state index in [0.29, 0.717) is 13.1 Å². The lowest BCUT2D eigenvalue weighted by molar-refractivity contribution is -0.128. The van der Waals surface area contributed by atoms with Gasteiger partial charge < -0.3 is 10.2 Å². The quantitative estimate of drug-likeness (QED) is 0.796. The van der Waals surface area contributed by atoms with Gasteiger partial charge in [-0.15, -0.1) is 0 Å². The molecule has 2 aliphatic rings. The lowest BCUT2D eigenvalue weighted by Crippen LogP contribution is -2.32. The molecule has 0 spiro atoms. The Morgan fingerprint density at radius 3 is 2.52 bits per heavy atom. The normalized spacial score (nSPS) is 20.1. The Balaban J connectivity index is 1.37. The molecule has 1 unspecified atom stereocenters. The standard InChI is InChI=1S/C23H27N3O2S/c27-22-14-20(17-26(22)15-18-6-2-1-3-7-18)23(28)24-21-9-5-4-8-19(21)16-25-10-12-29-13-11-25/h1-9,20H,10-17H2,(H,24,28). The number of nitrogens with zero attached hydrogens (tertiary/aromatic N) is 2. The molecule has 2 saturated heterocycles. The molecule has 2 aromatic rings. The van der Waals surface area contributed by atoms with Crippen molar-refractivity contribution in [2.45, 2.75) is 19.5 Å². The third kappa shape index (κ3) is 5.19. The fraction of sp³-hybridized carbons (Fsp3) is 0.391. The van der Waals surface area contributed by atoms with Gasteiger partial charge in [-0.2, -0.15) is 11.8 Å². The summed E-state index contributed by atoms with van der Waals surface area (Å²) in [5.41, 5.74) is 3.09. The highest BCUT2D eigenvalue weighted by atomic mass is 32.2. The maximum atomic E-state index is 12.9. The Morgan fingerprint density at radius 1 is 1.00 bits per heavy atom. The van der Waals surface area contributed by atoms with Gasteiger partial charge in [0.1, 0.15) is 0 Å². The summed E-state index contributed by atoms with van der Waals surface area (Å²) in [6.07, 6.45) is 0.282. The van der Waals surface area contributed by atoms with E-state index >= 15 is 0 Å². The number of thioether (sulfide) groups is 1. The molecule has 1 atom stereocenters. The van der Waals surface area contributed by atoms with Gasteiger partial charge in [0.2, 0.25) is 11.8 Å². The molecule has 1 N–H and O–H groups in total.